The molecule has 2 N–H and O–H groups in total. The number of furan rings is 1. The van der Waals surface area contributed by atoms with Crippen LogP contribution in [0.1, 0.15) is 59.4 Å². The zero-order chi connectivity index (χ0) is 24.0. The smallest absolute Gasteiger partial charge is 0.287 e. The Balaban J connectivity index is 1.48. The van der Waals surface area contributed by atoms with Gasteiger partial charge in [-0.2, -0.15) is 4.31 Å². The number of benzene rings is 1. The lowest BCUT2D eigenvalue weighted by atomic mass is 10.1. The first kappa shape index (κ1) is 24.3. The van der Waals surface area contributed by atoms with E-state index in [1.807, 2.05) is 0 Å². The third-order valence-corrected chi connectivity index (χ3v) is 8.22. The average molecular weight is 489 g/mol. The molecule has 4 rings (SSSR count). The average Bonchev–Trinajstić information content (AvgIpc) is 3.42. The number of sulfonamides is 1. The van der Waals surface area contributed by atoms with Crippen LogP contribution >= 0.6 is 0 Å². The van der Waals surface area contributed by atoms with Gasteiger partial charge in [0, 0.05) is 44.8 Å². The Labute approximate surface area is 200 Å². The number of hydrogen-bond acceptors (Lipinski definition) is 6. The van der Waals surface area contributed by atoms with Crippen LogP contribution in [-0.2, 0) is 10.0 Å². The topological polar surface area (TPSA) is 112 Å². The van der Waals surface area contributed by atoms with Crippen LogP contribution in [0.2, 0.25) is 0 Å². The van der Waals surface area contributed by atoms with E-state index < -0.39 is 10.0 Å². The maximum absolute atomic E-state index is 13.6. The minimum Gasteiger partial charge on any atom is -0.459 e. The second kappa shape index (κ2) is 11.1. The van der Waals surface area contributed by atoms with E-state index in [0.29, 0.717) is 18.8 Å². The molecular formula is C24H32N4O5S. The van der Waals surface area contributed by atoms with E-state index in [-0.39, 0.29) is 41.1 Å². The molecule has 0 saturated carbocycles. The highest BCUT2D eigenvalue weighted by molar-refractivity contribution is 7.89. The first-order valence-corrected chi connectivity index (χ1v) is 13.4. The zero-order valence-corrected chi connectivity index (χ0v) is 20.1. The molecule has 34 heavy (non-hydrogen) atoms. The maximum Gasteiger partial charge on any atom is 0.287 e. The van der Waals surface area contributed by atoms with Gasteiger partial charge >= 0.3 is 0 Å². The van der Waals surface area contributed by atoms with Crippen molar-refractivity contribution >= 4 is 27.5 Å². The Morgan fingerprint density at radius 1 is 0.853 bits per heavy atom. The van der Waals surface area contributed by atoms with Crippen molar-refractivity contribution in [3.63, 3.8) is 0 Å². The number of hydrogen-bond donors (Lipinski definition) is 2. The van der Waals surface area contributed by atoms with Crippen molar-refractivity contribution in [2.45, 2.75) is 43.4 Å². The highest BCUT2D eigenvalue weighted by atomic mass is 32.2. The molecule has 0 spiro atoms. The molecule has 184 valence electrons. The van der Waals surface area contributed by atoms with Gasteiger partial charge in [0.1, 0.15) is 4.90 Å². The third-order valence-electron chi connectivity index (χ3n) is 6.29. The second-order valence-electron chi connectivity index (χ2n) is 8.68. The van der Waals surface area contributed by atoms with Crippen molar-refractivity contribution in [3.8, 4) is 0 Å². The predicted molar refractivity (Wildman–Crippen MR) is 128 cm³/mol. The Morgan fingerprint density at radius 3 is 2.15 bits per heavy atom. The molecule has 10 heteroatoms. The van der Waals surface area contributed by atoms with Gasteiger partial charge in [-0.05, 0) is 62.4 Å². The Hall–Kier alpha value is -2.85. The van der Waals surface area contributed by atoms with Gasteiger partial charge in [0.05, 0.1) is 12.0 Å². The maximum atomic E-state index is 13.6. The molecule has 2 fully saturated rings. The second-order valence-corrected chi connectivity index (χ2v) is 10.6. The van der Waals surface area contributed by atoms with Gasteiger partial charge in [-0.1, -0.05) is 6.42 Å². The van der Waals surface area contributed by atoms with Crippen LogP contribution in [0.15, 0.2) is 45.9 Å². The molecule has 9 nitrogen and oxygen atoms in total. The highest BCUT2D eigenvalue weighted by Gasteiger charge is 2.31. The molecule has 1 aromatic heterocycles. The van der Waals surface area contributed by atoms with Gasteiger partial charge < -0.3 is 20.0 Å². The van der Waals surface area contributed by atoms with Crippen molar-refractivity contribution in [1.29, 1.82) is 0 Å². The molecule has 3 heterocycles. The molecule has 2 aliphatic rings. The van der Waals surface area contributed by atoms with Gasteiger partial charge in [0.15, 0.2) is 5.76 Å². The first-order chi connectivity index (χ1) is 16.5. The molecule has 2 saturated heterocycles. The Kier molecular flexibility index (Phi) is 7.89. The molecule has 0 unspecified atom stereocenters. The summed E-state index contributed by atoms with van der Waals surface area (Å²) in [6.07, 6.45) is 7.33. The number of carbonyl (C=O) groups is 2. The molecule has 2 aromatic rings. The fourth-order valence-corrected chi connectivity index (χ4v) is 6.21. The van der Waals surface area contributed by atoms with Crippen LogP contribution in [0.3, 0.4) is 0 Å². The van der Waals surface area contributed by atoms with Crippen molar-refractivity contribution in [2.75, 3.05) is 44.2 Å². The quantitative estimate of drug-likeness (QED) is 0.553. The van der Waals surface area contributed by atoms with Crippen molar-refractivity contribution in [2.24, 2.45) is 0 Å². The summed E-state index contributed by atoms with van der Waals surface area (Å²) in [5.41, 5.74) is 0.959. The van der Waals surface area contributed by atoms with Crippen LogP contribution in [-0.4, -0.2) is 63.8 Å². The Bertz CT molecular complexity index is 1090. The fraction of sp³-hybridized carbons (Fsp3) is 0.500. The van der Waals surface area contributed by atoms with Crippen LogP contribution in [0.25, 0.3) is 0 Å². The zero-order valence-electron chi connectivity index (χ0n) is 19.3. The number of nitrogens with zero attached hydrogens (tertiary/aromatic N) is 2. The lowest BCUT2D eigenvalue weighted by Crippen LogP contribution is -2.38. The number of piperidine rings is 2. The molecule has 1 aromatic carbocycles. The Morgan fingerprint density at radius 2 is 1.50 bits per heavy atom. The summed E-state index contributed by atoms with van der Waals surface area (Å²) in [6, 6.07) is 8.12. The van der Waals surface area contributed by atoms with E-state index in [9.17, 15) is 18.0 Å². The van der Waals surface area contributed by atoms with Crippen LogP contribution in [0.4, 0.5) is 5.69 Å². The molecule has 2 aliphatic heterocycles. The van der Waals surface area contributed by atoms with Gasteiger partial charge in [0.25, 0.3) is 11.8 Å². The van der Waals surface area contributed by atoms with Crippen molar-refractivity contribution < 1.29 is 22.4 Å². The van der Waals surface area contributed by atoms with E-state index in [2.05, 4.69) is 15.5 Å². The normalized spacial score (nSPS) is 17.4. The lowest BCUT2D eigenvalue weighted by Gasteiger charge is -2.33. The van der Waals surface area contributed by atoms with E-state index >= 15 is 0 Å². The number of amides is 2. The number of anilines is 1. The summed E-state index contributed by atoms with van der Waals surface area (Å²) < 4.78 is 33.8. The summed E-state index contributed by atoms with van der Waals surface area (Å²) in [6.45, 7) is 3.05. The number of nitrogens with one attached hydrogen (secondary N) is 2. The summed E-state index contributed by atoms with van der Waals surface area (Å²) in [5.74, 6) is -0.542. The highest BCUT2D eigenvalue weighted by Crippen LogP contribution is 2.32. The molecule has 0 atom stereocenters. The summed E-state index contributed by atoms with van der Waals surface area (Å²) >= 11 is 0. The van der Waals surface area contributed by atoms with E-state index in [0.717, 1.165) is 51.6 Å². The molecule has 2 amide bonds. The van der Waals surface area contributed by atoms with Crippen LogP contribution in [0.5, 0.6) is 0 Å². The third kappa shape index (κ3) is 5.61. The van der Waals surface area contributed by atoms with Gasteiger partial charge in [-0.15, -0.1) is 0 Å². The van der Waals surface area contributed by atoms with Gasteiger partial charge in [-0.25, -0.2) is 8.42 Å². The molecular weight excluding hydrogens is 456 g/mol. The van der Waals surface area contributed by atoms with Gasteiger partial charge in [0.2, 0.25) is 10.0 Å². The summed E-state index contributed by atoms with van der Waals surface area (Å²) in [7, 11) is -3.72. The predicted octanol–water partition coefficient (Wildman–Crippen LogP) is 2.60. The lowest BCUT2D eigenvalue weighted by molar-refractivity contribution is 0.0910. The van der Waals surface area contributed by atoms with Crippen LogP contribution in [0, 0.1) is 0 Å². The van der Waals surface area contributed by atoms with E-state index in [1.54, 1.807) is 28.6 Å². The van der Waals surface area contributed by atoms with Gasteiger partial charge in [-0.3, -0.25) is 9.59 Å². The van der Waals surface area contributed by atoms with Crippen LogP contribution < -0.4 is 15.5 Å². The monoisotopic (exact) mass is 488 g/mol. The number of rotatable bonds is 8. The summed E-state index contributed by atoms with van der Waals surface area (Å²) in [5, 5.41) is 5.42. The van der Waals surface area contributed by atoms with Crippen molar-refractivity contribution in [1.82, 2.24) is 14.9 Å². The minimum absolute atomic E-state index is 0.201. The number of carbonyl (C=O) groups excluding carboxylic acids is 2. The summed E-state index contributed by atoms with van der Waals surface area (Å²) in [4.78, 5) is 27.0. The molecule has 0 aliphatic carbocycles. The minimum atomic E-state index is -3.72. The molecule has 0 bridgehead atoms. The standard InChI is InChI=1S/C24H32N4O5S/c29-23(25-11-12-26-24(30)21-8-7-17-33-21)19-9-10-20(27-13-3-1-4-14-27)22(18-19)34(31,32)28-15-5-2-6-16-28/h7-10,17-18H,1-6,11-16H2,(H,25,29)(H,26,30). The van der Waals surface area contributed by atoms with E-state index in [4.69, 9.17) is 4.42 Å². The van der Waals surface area contributed by atoms with Crippen molar-refractivity contribution in [3.05, 3.63) is 47.9 Å². The SMILES string of the molecule is O=C(NCCNC(=O)c1ccco1)c1ccc(N2CCCCC2)c(S(=O)(=O)N2CCCCC2)c1. The van der Waals surface area contributed by atoms with E-state index in [1.165, 1.54) is 12.3 Å². The first-order valence-electron chi connectivity index (χ1n) is 12.0. The fourth-order valence-electron chi connectivity index (χ4n) is 4.45. The largest absolute Gasteiger partial charge is 0.459 e. The molecule has 0 radical (unpaired) electrons.